The summed E-state index contributed by atoms with van der Waals surface area (Å²) >= 11 is 0. The lowest BCUT2D eigenvalue weighted by molar-refractivity contribution is 0.0615. The molecular weight excluding hydrogens is 306 g/mol. The van der Waals surface area contributed by atoms with Gasteiger partial charge in [-0.1, -0.05) is 33.8 Å². The number of nitrogens with one attached hydrogen (secondary N) is 1. The number of rotatable bonds is 3. The fourth-order valence-electron chi connectivity index (χ4n) is 5.27. The number of aryl methyl sites for hydroxylation is 2. The number of hydrogen-bond acceptors (Lipinski definition) is 1. The predicted octanol–water partition coefficient (Wildman–Crippen LogP) is 5.92. The number of hydrogen-bond donors (Lipinski definition) is 1. The molecule has 2 heteroatoms. The van der Waals surface area contributed by atoms with Crippen molar-refractivity contribution in [3.8, 4) is 0 Å². The Hall–Kier alpha value is -1.31. The summed E-state index contributed by atoms with van der Waals surface area (Å²) in [7, 11) is 0. The van der Waals surface area contributed by atoms with Crippen LogP contribution in [0.5, 0.6) is 0 Å². The van der Waals surface area contributed by atoms with Crippen LogP contribution in [-0.2, 0) is 6.42 Å². The van der Waals surface area contributed by atoms with Crippen LogP contribution < -0.4 is 5.32 Å². The van der Waals surface area contributed by atoms with Crippen LogP contribution in [0.15, 0.2) is 18.2 Å². The van der Waals surface area contributed by atoms with E-state index in [2.05, 4.69) is 39.1 Å². The maximum absolute atomic E-state index is 12.7. The molecule has 2 nitrogen and oxygen atoms in total. The van der Waals surface area contributed by atoms with E-state index in [9.17, 15) is 4.79 Å². The Balaban J connectivity index is 0.00000109. The van der Waals surface area contributed by atoms with Gasteiger partial charge in [-0.25, -0.2) is 0 Å². The first-order chi connectivity index (χ1) is 11.9. The molecule has 2 bridgehead atoms. The highest BCUT2D eigenvalue weighted by Crippen LogP contribution is 2.46. The molecular formula is C23H37NO. The quantitative estimate of drug-likeness (QED) is 0.725. The van der Waals surface area contributed by atoms with E-state index in [1.165, 1.54) is 30.4 Å². The SMILES string of the molecule is CC.CCc1ccc(C(=O)NC2(C)CC3CC(C)CC(C3)C2)cc1C. The van der Waals surface area contributed by atoms with Crippen molar-refractivity contribution in [2.24, 2.45) is 17.8 Å². The van der Waals surface area contributed by atoms with Gasteiger partial charge in [0.25, 0.3) is 5.91 Å². The highest BCUT2D eigenvalue weighted by Gasteiger charge is 2.41. The van der Waals surface area contributed by atoms with E-state index in [-0.39, 0.29) is 11.4 Å². The predicted molar refractivity (Wildman–Crippen MR) is 107 cm³/mol. The first-order valence-corrected chi connectivity index (χ1v) is 10.3. The lowest BCUT2D eigenvalue weighted by Crippen LogP contribution is -2.52. The maximum Gasteiger partial charge on any atom is 0.251 e. The molecule has 2 unspecified atom stereocenters. The van der Waals surface area contributed by atoms with Gasteiger partial charge in [-0.05, 0) is 93.4 Å². The van der Waals surface area contributed by atoms with Crippen LogP contribution in [0.2, 0.25) is 0 Å². The minimum atomic E-state index is -0.0257. The van der Waals surface area contributed by atoms with Crippen LogP contribution in [0.4, 0.5) is 0 Å². The number of carbonyl (C=O) groups is 1. The van der Waals surface area contributed by atoms with Gasteiger partial charge in [0.15, 0.2) is 0 Å². The molecule has 3 rings (SSSR count). The highest BCUT2D eigenvalue weighted by molar-refractivity contribution is 5.95. The molecule has 2 fully saturated rings. The molecule has 0 saturated heterocycles. The molecule has 1 aromatic rings. The highest BCUT2D eigenvalue weighted by atomic mass is 16.1. The van der Waals surface area contributed by atoms with Crippen molar-refractivity contribution in [2.45, 2.75) is 85.6 Å². The molecule has 25 heavy (non-hydrogen) atoms. The molecule has 0 radical (unpaired) electrons. The van der Waals surface area contributed by atoms with Crippen molar-refractivity contribution in [3.05, 3.63) is 34.9 Å². The first-order valence-electron chi connectivity index (χ1n) is 10.3. The van der Waals surface area contributed by atoms with Gasteiger partial charge in [0, 0.05) is 11.1 Å². The van der Waals surface area contributed by atoms with Gasteiger partial charge in [0.05, 0.1) is 0 Å². The van der Waals surface area contributed by atoms with E-state index in [1.54, 1.807) is 0 Å². The molecule has 0 aromatic heterocycles. The van der Waals surface area contributed by atoms with Gasteiger partial charge in [0.1, 0.15) is 0 Å². The summed E-state index contributed by atoms with van der Waals surface area (Å²) < 4.78 is 0. The van der Waals surface area contributed by atoms with E-state index >= 15 is 0 Å². The molecule has 1 amide bonds. The van der Waals surface area contributed by atoms with Crippen LogP contribution in [-0.4, -0.2) is 11.4 Å². The summed E-state index contributed by atoms with van der Waals surface area (Å²) in [5.41, 5.74) is 3.33. The molecule has 2 aliphatic rings. The summed E-state index contributed by atoms with van der Waals surface area (Å²) in [6.45, 7) is 12.9. The Morgan fingerprint density at radius 3 is 2.28 bits per heavy atom. The largest absolute Gasteiger partial charge is 0.347 e. The third-order valence-corrected chi connectivity index (χ3v) is 6.02. The normalized spacial score (nSPS) is 30.9. The minimum absolute atomic E-state index is 0.0257. The summed E-state index contributed by atoms with van der Waals surface area (Å²) in [4.78, 5) is 12.7. The number of fused-ring (bicyclic) bond motifs is 2. The zero-order chi connectivity index (χ0) is 18.6. The maximum atomic E-state index is 12.7. The molecule has 140 valence electrons. The fourth-order valence-corrected chi connectivity index (χ4v) is 5.27. The molecule has 1 N–H and O–H groups in total. The Kier molecular flexibility index (Phi) is 6.71. The lowest BCUT2D eigenvalue weighted by atomic mass is 9.62. The van der Waals surface area contributed by atoms with Crippen molar-refractivity contribution >= 4 is 5.91 Å². The molecule has 2 atom stereocenters. The number of amides is 1. The number of carbonyl (C=O) groups excluding carboxylic acids is 1. The van der Waals surface area contributed by atoms with E-state index in [0.717, 1.165) is 42.6 Å². The van der Waals surface area contributed by atoms with Crippen molar-refractivity contribution in [1.29, 1.82) is 0 Å². The second-order valence-electron chi connectivity index (χ2n) is 8.46. The van der Waals surface area contributed by atoms with Gasteiger partial charge < -0.3 is 5.32 Å². The Bertz CT molecular complexity index is 574. The van der Waals surface area contributed by atoms with Crippen LogP contribution in [0.25, 0.3) is 0 Å². The van der Waals surface area contributed by atoms with Crippen LogP contribution in [0.3, 0.4) is 0 Å². The summed E-state index contributed by atoms with van der Waals surface area (Å²) in [6, 6.07) is 6.13. The zero-order valence-electron chi connectivity index (χ0n) is 17.1. The van der Waals surface area contributed by atoms with Crippen molar-refractivity contribution < 1.29 is 4.79 Å². The van der Waals surface area contributed by atoms with E-state index in [0.29, 0.717) is 0 Å². The molecule has 0 heterocycles. The Labute approximate surface area is 154 Å². The van der Waals surface area contributed by atoms with E-state index in [1.807, 2.05) is 26.0 Å². The third-order valence-electron chi connectivity index (χ3n) is 6.02. The Morgan fingerprint density at radius 2 is 1.76 bits per heavy atom. The summed E-state index contributed by atoms with van der Waals surface area (Å²) in [6.07, 6.45) is 7.36. The first kappa shape index (κ1) is 20.0. The molecule has 2 saturated carbocycles. The average molecular weight is 344 g/mol. The zero-order valence-corrected chi connectivity index (χ0v) is 17.1. The van der Waals surface area contributed by atoms with Gasteiger partial charge in [0.2, 0.25) is 0 Å². The van der Waals surface area contributed by atoms with Gasteiger partial charge >= 0.3 is 0 Å². The smallest absolute Gasteiger partial charge is 0.251 e. The van der Waals surface area contributed by atoms with Gasteiger partial charge in [-0.3, -0.25) is 4.79 Å². The average Bonchev–Trinajstić information content (AvgIpc) is 2.54. The molecule has 1 aromatic carbocycles. The Morgan fingerprint density at radius 1 is 1.16 bits per heavy atom. The van der Waals surface area contributed by atoms with Crippen LogP contribution in [0, 0.1) is 24.7 Å². The third kappa shape index (κ3) is 4.86. The molecule has 0 spiro atoms. The van der Waals surface area contributed by atoms with Crippen molar-refractivity contribution in [3.63, 3.8) is 0 Å². The van der Waals surface area contributed by atoms with Crippen molar-refractivity contribution in [1.82, 2.24) is 5.32 Å². The minimum Gasteiger partial charge on any atom is -0.347 e. The van der Waals surface area contributed by atoms with Crippen LogP contribution in [0.1, 0.15) is 88.2 Å². The summed E-state index contributed by atoms with van der Waals surface area (Å²) in [5.74, 6) is 2.56. The van der Waals surface area contributed by atoms with E-state index in [4.69, 9.17) is 0 Å². The van der Waals surface area contributed by atoms with E-state index < -0.39 is 0 Å². The fraction of sp³-hybridized carbons (Fsp3) is 0.696. The summed E-state index contributed by atoms with van der Waals surface area (Å²) in [5, 5.41) is 3.38. The monoisotopic (exact) mass is 343 g/mol. The molecule has 2 aliphatic carbocycles. The second kappa shape index (κ2) is 8.38. The second-order valence-corrected chi connectivity index (χ2v) is 8.46. The standard InChI is InChI=1S/C21H31NO.C2H6/c1-5-18-6-7-19(10-15(18)3)20(23)22-21(4)12-16-8-14(2)9-17(11-16)13-21;1-2/h6-7,10,14,16-17H,5,8-9,11-13H2,1-4H3,(H,22,23);1-2H3. The van der Waals surface area contributed by atoms with Crippen molar-refractivity contribution in [2.75, 3.05) is 0 Å². The van der Waals surface area contributed by atoms with Gasteiger partial charge in [-0.15, -0.1) is 0 Å². The molecule has 0 aliphatic heterocycles. The van der Waals surface area contributed by atoms with Gasteiger partial charge in [-0.2, -0.15) is 0 Å². The lowest BCUT2D eigenvalue weighted by Gasteiger charge is -2.47. The van der Waals surface area contributed by atoms with Crippen LogP contribution >= 0.6 is 0 Å². The number of benzene rings is 1. The topological polar surface area (TPSA) is 29.1 Å².